The minimum Gasteiger partial charge on any atom is -0.492 e. The van der Waals surface area contributed by atoms with Crippen LogP contribution in [0.5, 0.6) is 5.75 Å². The molecule has 1 aliphatic rings. The van der Waals surface area contributed by atoms with Crippen LogP contribution in [0, 0.1) is 0 Å². The van der Waals surface area contributed by atoms with Gasteiger partial charge in [-0.15, -0.1) is 12.4 Å². The molecule has 31 heavy (non-hydrogen) atoms. The molecule has 0 saturated heterocycles. The Kier molecular flexibility index (Phi) is 9.49. The number of rotatable bonds is 8. The highest BCUT2D eigenvalue weighted by molar-refractivity contribution is 7.90. The fourth-order valence-corrected chi connectivity index (χ4v) is 4.71. The van der Waals surface area contributed by atoms with Crippen LogP contribution in [-0.4, -0.2) is 32.9 Å². The van der Waals surface area contributed by atoms with E-state index in [9.17, 15) is 8.42 Å². The predicted octanol–water partition coefficient (Wildman–Crippen LogP) is 4.72. The molecular formula is C22H29Cl3N2O3S. The number of hydrogen-bond donors (Lipinski definition) is 2. The maximum Gasteiger partial charge on any atom is 0.214 e. The minimum atomic E-state index is -3.29. The average Bonchev–Trinajstić information content (AvgIpc) is 2.70. The zero-order valence-corrected chi connectivity index (χ0v) is 20.8. The van der Waals surface area contributed by atoms with E-state index in [4.69, 9.17) is 33.7 Å². The Balaban J connectivity index is 0.00000341. The van der Waals surface area contributed by atoms with Gasteiger partial charge in [0.15, 0.2) is 0 Å². The molecule has 2 unspecified atom stereocenters. The lowest BCUT2D eigenvalue weighted by Crippen LogP contribution is -2.34. The molecule has 0 heterocycles. The van der Waals surface area contributed by atoms with E-state index >= 15 is 0 Å². The summed E-state index contributed by atoms with van der Waals surface area (Å²) < 4.78 is 32.0. The van der Waals surface area contributed by atoms with Crippen LogP contribution in [0.25, 0.3) is 0 Å². The van der Waals surface area contributed by atoms with E-state index in [-0.39, 0.29) is 37.5 Å². The maximum atomic E-state index is 11.8. The molecule has 2 aromatic carbocycles. The monoisotopic (exact) mass is 506 g/mol. The predicted molar refractivity (Wildman–Crippen MR) is 130 cm³/mol. The number of hydrogen-bond acceptors (Lipinski definition) is 4. The molecule has 1 aliphatic carbocycles. The standard InChI is InChI=1S/C22H28Cl2N2O3S.ClH/c1-14(2)30(27,28)26-9-10-29-17-6-4-16-5-8-22(25)19(18(16)13-17)11-15-3-7-20(23)21(24)12-15;/h3-4,6-7,12-14,19,22,26H,5,8-11,25H2,1-2H3;1H. The molecular weight excluding hydrogens is 479 g/mol. The first-order valence-corrected chi connectivity index (χ1v) is 12.4. The molecule has 2 atom stereocenters. The normalized spacial score (nSPS) is 18.4. The van der Waals surface area contributed by atoms with Crippen molar-refractivity contribution in [3.63, 3.8) is 0 Å². The van der Waals surface area contributed by atoms with Crippen LogP contribution in [0.3, 0.4) is 0 Å². The molecule has 2 aromatic rings. The fourth-order valence-electron chi connectivity index (χ4n) is 3.69. The van der Waals surface area contributed by atoms with Crippen LogP contribution in [0.15, 0.2) is 36.4 Å². The molecule has 0 amide bonds. The summed E-state index contributed by atoms with van der Waals surface area (Å²) >= 11 is 12.2. The fraction of sp³-hybridized carbons (Fsp3) is 0.455. The van der Waals surface area contributed by atoms with Crippen molar-refractivity contribution in [2.24, 2.45) is 5.73 Å². The van der Waals surface area contributed by atoms with Crippen molar-refractivity contribution in [1.29, 1.82) is 0 Å². The van der Waals surface area contributed by atoms with Gasteiger partial charge in [-0.3, -0.25) is 0 Å². The van der Waals surface area contributed by atoms with Crippen molar-refractivity contribution in [1.82, 2.24) is 4.72 Å². The lowest BCUT2D eigenvalue weighted by Gasteiger charge is -2.32. The largest absolute Gasteiger partial charge is 0.492 e. The van der Waals surface area contributed by atoms with Crippen LogP contribution in [0.1, 0.15) is 42.9 Å². The molecule has 0 aliphatic heterocycles. The molecule has 5 nitrogen and oxygen atoms in total. The Morgan fingerprint density at radius 3 is 2.58 bits per heavy atom. The molecule has 3 N–H and O–H groups in total. The van der Waals surface area contributed by atoms with Gasteiger partial charge in [0.2, 0.25) is 10.0 Å². The van der Waals surface area contributed by atoms with E-state index in [0.717, 1.165) is 24.8 Å². The average molecular weight is 508 g/mol. The SMILES string of the molecule is CC(C)S(=O)(=O)NCCOc1ccc2c(c1)C(Cc1ccc(Cl)c(Cl)c1)C(N)CC2.Cl. The first-order chi connectivity index (χ1) is 14.2. The minimum absolute atomic E-state index is 0. The van der Waals surface area contributed by atoms with Gasteiger partial charge in [0, 0.05) is 18.5 Å². The molecule has 0 bridgehead atoms. The summed E-state index contributed by atoms with van der Waals surface area (Å²) in [6.45, 7) is 3.77. The first kappa shape index (κ1) is 26.2. The van der Waals surface area contributed by atoms with Crippen molar-refractivity contribution >= 4 is 45.6 Å². The summed E-state index contributed by atoms with van der Waals surface area (Å²) in [6.07, 6.45) is 2.63. The maximum absolute atomic E-state index is 11.8. The lowest BCUT2D eigenvalue weighted by atomic mass is 9.76. The third-order valence-electron chi connectivity index (χ3n) is 5.51. The number of sulfonamides is 1. The van der Waals surface area contributed by atoms with Gasteiger partial charge in [0.25, 0.3) is 0 Å². The van der Waals surface area contributed by atoms with E-state index in [1.807, 2.05) is 30.3 Å². The van der Waals surface area contributed by atoms with Crippen molar-refractivity contribution in [2.75, 3.05) is 13.2 Å². The number of nitrogens with two attached hydrogens (primary N) is 1. The molecule has 172 valence electrons. The second kappa shape index (κ2) is 11.2. The van der Waals surface area contributed by atoms with Gasteiger partial charge in [0.05, 0.1) is 15.3 Å². The highest BCUT2D eigenvalue weighted by atomic mass is 35.5. The summed E-state index contributed by atoms with van der Waals surface area (Å²) in [7, 11) is -3.29. The molecule has 9 heteroatoms. The van der Waals surface area contributed by atoms with E-state index < -0.39 is 15.3 Å². The van der Waals surface area contributed by atoms with E-state index in [2.05, 4.69) is 10.8 Å². The quantitative estimate of drug-likeness (QED) is 0.507. The number of halogens is 3. The van der Waals surface area contributed by atoms with Gasteiger partial charge >= 0.3 is 0 Å². The third kappa shape index (κ3) is 6.73. The lowest BCUT2D eigenvalue weighted by molar-refractivity contribution is 0.321. The Morgan fingerprint density at radius 1 is 1.16 bits per heavy atom. The number of nitrogens with one attached hydrogen (secondary N) is 1. The van der Waals surface area contributed by atoms with Gasteiger partial charge in [0.1, 0.15) is 12.4 Å². The molecule has 0 fully saturated rings. The van der Waals surface area contributed by atoms with Gasteiger partial charge in [-0.2, -0.15) is 0 Å². The van der Waals surface area contributed by atoms with Gasteiger partial charge in [-0.1, -0.05) is 35.3 Å². The number of fused-ring (bicyclic) bond motifs is 1. The smallest absolute Gasteiger partial charge is 0.214 e. The summed E-state index contributed by atoms with van der Waals surface area (Å²) in [6, 6.07) is 11.8. The number of aryl methyl sites for hydroxylation is 1. The van der Waals surface area contributed by atoms with E-state index in [1.165, 1.54) is 11.1 Å². The molecule has 0 spiro atoms. The van der Waals surface area contributed by atoms with Crippen molar-refractivity contribution in [3.05, 3.63) is 63.1 Å². The topological polar surface area (TPSA) is 81.4 Å². The summed E-state index contributed by atoms with van der Waals surface area (Å²) in [4.78, 5) is 0. The third-order valence-corrected chi connectivity index (χ3v) is 8.10. The first-order valence-electron chi connectivity index (χ1n) is 10.1. The number of benzene rings is 2. The van der Waals surface area contributed by atoms with Crippen LogP contribution < -0.4 is 15.2 Å². The zero-order chi connectivity index (χ0) is 21.9. The van der Waals surface area contributed by atoms with Gasteiger partial charge in [-0.05, 0) is 74.1 Å². The Bertz CT molecular complexity index is 999. The zero-order valence-electron chi connectivity index (χ0n) is 17.6. The van der Waals surface area contributed by atoms with Crippen LogP contribution >= 0.6 is 35.6 Å². The summed E-state index contributed by atoms with van der Waals surface area (Å²) in [5, 5.41) is 0.613. The van der Waals surface area contributed by atoms with Gasteiger partial charge in [-0.25, -0.2) is 13.1 Å². The van der Waals surface area contributed by atoms with Crippen molar-refractivity contribution in [2.45, 2.75) is 50.3 Å². The van der Waals surface area contributed by atoms with E-state index in [0.29, 0.717) is 15.8 Å². The Hall–Kier alpha value is -1.02. The van der Waals surface area contributed by atoms with E-state index in [1.54, 1.807) is 13.8 Å². The van der Waals surface area contributed by atoms with Crippen LogP contribution in [0.4, 0.5) is 0 Å². The Morgan fingerprint density at radius 2 is 1.90 bits per heavy atom. The van der Waals surface area contributed by atoms with Gasteiger partial charge < -0.3 is 10.5 Å². The van der Waals surface area contributed by atoms with Crippen LogP contribution in [0.2, 0.25) is 10.0 Å². The van der Waals surface area contributed by atoms with Crippen LogP contribution in [-0.2, 0) is 22.9 Å². The molecule has 0 saturated carbocycles. The van der Waals surface area contributed by atoms with Crippen molar-refractivity contribution < 1.29 is 13.2 Å². The highest BCUT2D eigenvalue weighted by Crippen LogP contribution is 2.36. The second-order valence-electron chi connectivity index (χ2n) is 7.96. The molecule has 0 radical (unpaired) electrons. The molecule has 0 aromatic heterocycles. The highest BCUT2D eigenvalue weighted by Gasteiger charge is 2.28. The summed E-state index contributed by atoms with van der Waals surface area (Å²) in [5.41, 5.74) is 10.0. The Labute approximate surface area is 201 Å². The van der Waals surface area contributed by atoms with Crippen molar-refractivity contribution in [3.8, 4) is 5.75 Å². The molecule has 3 rings (SSSR count). The number of ether oxygens (including phenoxy) is 1. The second-order valence-corrected chi connectivity index (χ2v) is 11.1. The summed E-state index contributed by atoms with van der Waals surface area (Å²) in [5.74, 6) is 0.861.